The van der Waals surface area contributed by atoms with E-state index in [1.807, 2.05) is 32.0 Å². The van der Waals surface area contributed by atoms with Crippen molar-refractivity contribution in [1.29, 1.82) is 0 Å². The molecule has 0 bridgehead atoms. The van der Waals surface area contributed by atoms with Gasteiger partial charge in [-0.25, -0.2) is 4.79 Å². The third-order valence-corrected chi connectivity index (χ3v) is 5.49. The molecule has 0 fully saturated rings. The fraction of sp³-hybridized carbons (Fsp3) is 0.360. The first-order valence-electron chi connectivity index (χ1n) is 10.2. The number of carbonyl (C=O) groups is 1. The number of carbonyl (C=O) groups excluding carboxylic acids is 1. The molecule has 152 valence electrons. The molecule has 0 aliphatic rings. The number of fused-ring (bicyclic) bond motifs is 1. The maximum absolute atomic E-state index is 12.4. The molecular weight excluding hydrogens is 362 g/mol. The maximum Gasteiger partial charge on any atom is 0.339 e. The number of aryl methyl sites for hydroxylation is 5. The van der Waals surface area contributed by atoms with Crippen molar-refractivity contribution in [1.82, 2.24) is 5.32 Å². The molecule has 4 nitrogen and oxygen atoms in total. The minimum absolute atomic E-state index is 0.0339. The van der Waals surface area contributed by atoms with E-state index in [1.54, 1.807) is 0 Å². The van der Waals surface area contributed by atoms with Gasteiger partial charge in [0.2, 0.25) is 5.91 Å². The fourth-order valence-electron chi connectivity index (χ4n) is 3.75. The van der Waals surface area contributed by atoms with E-state index in [4.69, 9.17) is 4.42 Å². The van der Waals surface area contributed by atoms with Crippen LogP contribution in [0.4, 0.5) is 0 Å². The summed E-state index contributed by atoms with van der Waals surface area (Å²) in [5, 5.41) is 3.90. The summed E-state index contributed by atoms with van der Waals surface area (Å²) in [6, 6.07) is 12.3. The van der Waals surface area contributed by atoms with Gasteiger partial charge in [-0.3, -0.25) is 4.79 Å². The largest absolute Gasteiger partial charge is 0.423 e. The monoisotopic (exact) mass is 391 g/mol. The predicted octanol–water partition coefficient (Wildman–Crippen LogP) is 4.71. The summed E-state index contributed by atoms with van der Waals surface area (Å²) in [6.07, 6.45) is 2.51. The van der Waals surface area contributed by atoms with Crippen LogP contribution in [0.25, 0.3) is 11.0 Å². The minimum Gasteiger partial charge on any atom is -0.423 e. The van der Waals surface area contributed by atoms with Crippen LogP contribution in [0.15, 0.2) is 45.6 Å². The highest BCUT2D eigenvalue weighted by Gasteiger charge is 2.13. The topological polar surface area (TPSA) is 59.3 Å². The molecule has 0 saturated carbocycles. The van der Waals surface area contributed by atoms with Gasteiger partial charge in [0, 0.05) is 23.9 Å². The lowest BCUT2D eigenvalue weighted by Gasteiger charge is -2.10. The number of hydrogen-bond acceptors (Lipinski definition) is 3. The summed E-state index contributed by atoms with van der Waals surface area (Å²) in [4.78, 5) is 24.6. The van der Waals surface area contributed by atoms with Crippen LogP contribution in [-0.2, 0) is 17.6 Å². The summed E-state index contributed by atoms with van der Waals surface area (Å²) < 4.78 is 5.47. The molecule has 0 radical (unpaired) electrons. The molecule has 4 heteroatoms. The zero-order chi connectivity index (χ0) is 21.0. The summed E-state index contributed by atoms with van der Waals surface area (Å²) in [7, 11) is 0. The fourth-order valence-corrected chi connectivity index (χ4v) is 3.75. The van der Waals surface area contributed by atoms with Gasteiger partial charge < -0.3 is 9.73 Å². The van der Waals surface area contributed by atoms with Crippen molar-refractivity contribution in [2.75, 3.05) is 6.54 Å². The van der Waals surface area contributed by atoms with Crippen LogP contribution < -0.4 is 10.9 Å². The highest BCUT2D eigenvalue weighted by atomic mass is 16.4. The molecule has 2 aromatic carbocycles. The predicted molar refractivity (Wildman–Crippen MR) is 118 cm³/mol. The van der Waals surface area contributed by atoms with Gasteiger partial charge >= 0.3 is 5.63 Å². The Bertz CT molecular complexity index is 1100. The minimum atomic E-state index is -0.344. The van der Waals surface area contributed by atoms with Crippen molar-refractivity contribution in [2.24, 2.45) is 0 Å². The van der Waals surface area contributed by atoms with Crippen LogP contribution in [0.3, 0.4) is 0 Å². The van der Waals surface area contributed by atoms with Gasteiger partial charge in [0.25, 0.3) is 0 Å². The Balaban J connectivity index is 1.53. The van der Waals surface area contributed by atoms with E-state index >= 15 is 0 Å². The van der Waals surface area contributed by atoms with Crippen LogP contribution in [-0.4, -0.2) is 12.5 Å². The zero-order valence-corrected chi connectivity index (χ0v) is 17.7. The first-order chi connectivity index (χ1) is 13.8. The van der Waals surface area contributed by atoms with E-state index in [0.717, 1.165) is 29.4 Å². The molecule has 0 unspecified atom stereocenters. The Hall–Kier alpha value is -2.88. The average Bonchev–Trinajstić information content (AvgIpc) is 2.66. The number of nitrogens with one attached hydrogen (secondary N) is 1. The lowest BCUT2D eigenvalue weighted by Crippen LogP contribution is -2.26. The van der Waals surface area contributed by atoms with Crippen molar-refractivity contribution < 1.29 is 9.21 Å². The van der Waals surface area contributed by atoms with Crippen LogP contribution in [0.5, 0.6) is 0 Å². The second-order valence-electron chi connectivity index (χ2n) is 7.88. The molecule has 0 aliphatic carbocycles. The van der Waals surface area contributed by atoms with Crippen molar-refractivity contribution >= 4 is 16.9 Å². The van der Waals surface area contributed by atoms with E-state index in [0.29, 0.717) is 24.1 Å². The number of amides is 1. The van der Waals surface area contributed by atoms with E-state index in [1.165, 1.54) is 16.7 Å². The number of benzene rings is 2. The van der Waals surface area contributed by atoms with Gasteiger partial charge in [-0.05, 0) is 75.3 Å². The van der Waals surface area contributed by atoms with Crippen molar-refractivity contribution in [3.63, 3.8) is 0 Å². The molecule has 0 atom stereocenters. The van der Waals surface area contributed by atoms with Crippen molar-refractivity contribution in [3.05, 3.63) is 80.2 Å². The Kier molecular flexibility index (Phi) is 6.53. The molecule has 0 spiro atoms. The summed E-state index contributed by atoms with van der Waals surface area (Å²) in [5.41, 5.74) is 6.69. The molecule has 29 heavy (non-hydrogen) atoms. The lowest BCUT2D eigenvalue weighted by atomic mass is 10.0. The zero-order valence-electron chi connectivity index (χ0n) is 17.7. The van der Waals surface area contributed by atoms with Gasteiger partial charge in [-0.15, -0.1) is 0 Å². The molecule has 0 saturated heterocycles. The molecule has 0 aliphatic heterocycles. The molecule has 3 aromatic rings. The van der Waals surface area contributed by atoms with Gasteiger partial charge in [0.1, 0.15) is 5.58 Å². The Labute approximate surface area is 171 Å². The molecule has 3 rings (SSSR count). The van der Waals surface area contributed by atoms with E-state index in [9.17, 15) is 9.59 Å². The Morgan fingerprint density at radius 1 is 0.966 bits per heavy atom. The number of hydrogen-bond donors (Lipinski definition) is 1. The molecule has 1 N–H and O–H groups in total. The molecule has 1 heterocycles. The quantitative estimate of drug-likeness (QED) is 0.469. The summed E-state index contributed by atoms with van der Waals surface area (Å²) in [5.74, 6) is -0.0339. The van der Waals surface area contributed by atoms with Crippen LogP contribution >= 0.6 is 0 Å². The maximum atomic E-state index is 12.4. The molecule has 1 amide bonds. The van der Waals surface area contributed by atoms with Gasteiger partial charge in [0.05, 0.1) is 0 Å². The second-order valence-corrected chi connectivity index (χ2v) is 7.88. The van der Waals surface area contributed by atoms with E-state index in [-0.39, 0.29) is 18.0 Å². The van der Waals surface area contributed by atoms with Gasteiger partial charge in [-0.2, -0.15) is 0 Å². The SMILES string of the molecule is Cc1ccc(CCCNC(=O)CCc2c(C)c3ccc(C)cc3oc2=O)c(C)c1. The molecular formula is C25H29NO3. The second kappa shape index (κ2) is 9.08. The average molecular weight is 392 g/mol. The highest BCUT2D eigenvalue weighted by molar-refractivity contribution is 5.82. The van der Waals surface area contributed by atoms with Gasteiger partial charge in [-0.1, -0.05) is 35.9 Å². The van der Waals surface area contributed by atoms with Crippen molar-refractivity contribution in [2.45, 2.75) is 53.4 Å². The van der Waals surface area contributed by atoms with E-state index < -0.39 is 0 Å². The standard InChI is InChI=1S/C25H29NO3/c1-16-7-9-20(18(3)14-16)6-5-13-26-24(27)12-11-22-19(4)21-10-8-17(2)15-23(21)29-25(22)28/h7-10,14-15H,5-6,11-13H2,1-4H3,(H,26,27). The third kappa shape index (κ3) is 5.14. The van der Waals surface area contributed by atoms with Gasteiger partial charge in [0.15, 0.2) is 0 Å². The molecule has 1 aromatic heterocycles. The smallest absolute Gasteiger partial charge is 0.339 e. The number of rotatable bonds is 7. The van der Waals surface area contributed by atoms with Crippen LogP contribution in [0.2, 0.25) is 0 Å². The lowest BCUT2D eigenvalue weighted by molar-refractivity contribution is -0.121. The first kappa shape index (κ1) is 20.8. The first-order valence-corrected chi connectivity index (χ1v) is 10.2. The van der Waals surface area contributed by atoms with E-state index in [2.05, 4.69) is 37.4 Å². The Morgan fingerprint density at radius 3 is 2.45 bits per heavy atom. The highest BCUT2D eigenvalue weighted by Crippen LogP contribution is 2.21. The van der Waals surface area contributed by atoms with Crippen LogP contribution in [0.1, 0.15) is 46.2 Å². The van der Waals surface area contributed by atoms with Crippen LogP contribution in [0, 0.1) is 27.7 Å². The normalized spacial score (nSPS) is 11.0. The summed E-state index contributed by atoms with van der Waals surface area (Å²) >= 11 is 0. The summed E-state index contributed by atoms with van der Waals surface area (Å²) in [6.45, 7) is 8.74. The Morgan fingerprint density at radius 2 is 1.69 bits per heavy atom. The van der Waals surface area contributed by atoms with Crippen molar-refractivity contribution in [3.8, 4) is 0 Å². The third-order valence-electron chi connectivity index (χ3n) is 5.49.